The molecule has 154 valence electrons. The summed E-state index contributed by atoms with van der Waals surface area (Å²) in [6, 6.07) is 4.60. The molecule has 2 aliphatic carbocycles. The zero-order valence-corrected chi connectivity index (χ0v) is 17.1. The van der Waals surface area contributed by atoms with Crippen LogP contribution >= 0.6 is 23.2 Å². The highest BCUT2D eigenvalue weighted by atomic mass is 35.5. The van der Waals surface area contributed by atoms with Gasteiger partial charge in [-0.1, -0.05) is 29.3 Å². The number of fused-ring (bicyclic) bond motifs is 1. The van der Waals surface area contributed by atoms with Crippen molar-refractivity contribution in [1.82, 2.24) is 5.32 Å². The Bertz CT molecular complexity index is 795. The van der Waals surface area contributed by atoms with Crippen LogP contribution in [0.4, 0.5) is 4.39 Å². The molecule has 0 spiro atoms. The third-order valence-corrected chi connectivity index (χ3v) is 6.36. The first-order chi connectivity index (χ1) is 13.2. The van der Waals surface area contributed by atoms with Crippen LogP contribution in [-0.2, 0) is 25.6 Å². The lowest BCUT2D eigenvalue weighted by atomic mass is 9.85. The maximum absolute atomic E-state index is 15.3. The number of hydrogen-bond acceptors (Lipinski definition) is 6. The lowest BCUT2D eigenvalue weighted by Crippen LogP contribution is -2.64. The van der Waals surface area contributed by atoms with Crippen LogP contribution in [-0.4, -0.2) is 42.4 Å². The first-order valence-electron chi connectivity index (χ1n) is 9.20. The molecule has 0 heterocycles. The lowest BCUT2D eigenvalue weighted by molar-refractivity contribution is -0.157. The van der Waals surface area contributed by atoms with Crippen LogP contribution in [0.5, 0.6) is 0 Å². The fourth-order valence-corrected chi connectivity index (χ4v) is 4.59. The van der Waals surface area contributed by atoms with Crippen molar-refractivity contribution in [2.24, 2.45) is 17.6 Å². The number of nitrogens with one attached hydrogen (secondary N) is 1. The summed E-state index contributed by atoms with van der Waals surface area (Å²) in [7, 11) is 0. The molecule has 0 amide bonds. The van der Waals surface area contributed by atoms with Gasteiger partial charge in [0, 0.05) is 24.4 Å². The van der Waals surface area contributed by atoms with Gasteiger partial charge in [-0.2, -0.15) is 0 Å². The Hall–Kier alpha value is -1.41. The number of nitrogens with two attached hydrogens (primary N) is 1. The van der Waals surface area contributed by atoms with E-state index in [0.717, 1.165) is 5.56 Å². The van der Waals surface area contributed by atoms with Crippen molar-refractivity contribution < 1.29 is 23.5 Å². The van der Waals surface area contributed by atoms with Gasteiger partial charge in [0.15, 0.2) is 0 Å². The normalized spacial score (nSPS) is 33.3. The summed E-state index contributed by atoms with van der Waals surface area (Å²) in [5, 5.41) is 4.04. The van der Waals surface area contributed by atoms with E-state index in [1.807, 2.05) is 0 Å². The van der Waals surface area contributed by atoms with Gasteiger partial charge in [-0.25, -0.2) is 14.0 Å². The number of rotatable bonds is 7. The highest BCUT2D eigenvalue weighted by molar-refractivity contribution is 6.42. The number of halogens is 3. The molecule has 0 aliphatic heterocycles. The zero-order valence-electron chi connectivity index (χ0n) is 15.6. The summed E-state index contributed by atoms with van der Waals surface area (Å²) >= 11 is 12.0. The Morgan fingerprint density at radius 1 is 1.21 bits per heavy atom. The maximum atomic E-state index is 15.3. The molecule has 2 aliphatic rings. The summed E-state index contributed by atoms with van der Waals surface area (Å²) in [5.74, 6) is -3.36. The molecule has 9 heteroatoms. The van der Waals surface area contributed by atoms with Crippen LogP contribution in [0.1, 0.15) is 25.8 Å². The van der Waals surface area contributed by atoms with E-state index in [0.29, 0.717) is 16.6 Å². The molecule has 28 heavy (non-hydrogen) atoms. The Morgan fingerprint density at radius 2 is 1.86 bits per heavy atom. The molecule has 0 bridgehead atoms. The number of benzene rings is 1. The predicted octanol–water partition coefficient (Wildman–Crippen LogP) is 2.63. The van der Waals surface area contributed by atoms with E-state index in [2.05, 4.69) is 5.32 Å². The Kier molecular flexibility index (Phi) is 5.92. The Balaban J connectivity index is 1.79. The lowest BCUT2D eigenvalue weighted by Gasteiger charge is -2.34. The van der Waals surface area contributed by atoms with E-state index in [1.165, 1.54) is 0 Å². The molecule has 0 radical (unpaired) electrons. The number of hydrogen-bond donors (Lipinski definition) is 2. The maximum Gasteiger partial charge on any atom is 0.344 e. The number of carbonyl (C=O) groups excluding carboxylic acids is 2. The highest BCUT2D eigenvalue weighted by Crippen LogP contribution is 2.67. The molecule has 2 saturated carbocycles. The molecule has 1 aromatic rings. The van der Waals surface area contributed by atoms with Gasteiger partial charge >= 0.3 is 11.9 Å². The minimum absolute atomic E-state index is 0.0555. The van der Waals surface area contributed by atoms with Crippen molar-refractivity contribution in [3.05, 3.63) is 33.8 Å². The van der Waals surface area contributed by atoms with Gasteiger partial charge in [-0.05, 0) is 38.0 Å². The Morgan fingerprint density at radius 3 is 2.46 bits per heavy atom. The fourth-order valence-electron chi connectivity index (χ4n) is 4.27. The third kappa shape index (κ3) is 3.28. The van der Waals surface area contributed by atoms with Gasteiger partial charge in [-0.3, -0.25) is 0 Å². The van der Waals surface area contributed by atoms with Crippen LogP contribution in [0, 0.1) is 11.8 Å². The summed E-state index contributed by atoms with van der Waals surface area (Å²) in [4.78, 5) is 24.8. The predicted molar refractivity (Wildman–Crippen MR) is 103 cm³/mol. The minimum Gasteiger partial charge on any atom is -0.465 e. The molecular formula is C19H23Cl2FN2O4. The molecule has 6 nitrogen and oxygen atoms in total. The van der Waals surface area contributed by atoms with Crippen LogP contribution < -0.4 is 11.1 Å². The first kappa shape index (κ1) is 21.3. The average Bonchev–Trinajstić information content (AvgIpc) is 3.13. The van der Waals surface area contributed by atoms with Gasteiger partial charge in [-0.15, -0.1) is 0 Å². The summed E-state index contributed by atoms with van der Waals surface area (Å²) < 4.78 is 25.3. The van der Waals surface area contributed by atoms with Crippen molar-refractivity contribution in [2.45, 2.75) is 44.1 Å². The van der Waals surface area contributed by atoms with E-state index in [9.17, 15) is 9.59 Å². The summed E-state index contributed by atoms with van der Waals surface area (Å²) in [5.41, 5.74) is 3.33. The van der Waals surface area contributed by atoms with Gasteiger partial charge in [0.1, 0.15) is 5.54 Å². The van der Waals surface area contributed by atoms with Crippen molar-refractivity contribution in [3.63, 3.8) is 0 Å². The van der Waals surface area contributed by atoms with Crippen LogP contribution in [0.15, 0.2) is 18.2 Å². The van der Waals surface area contributed by atoms with Crippen LogP contribution in [0.25, 0.3) is 0 Å². The molecule has 3 N–H and O–H groups in total. The quantitative estimate of drug-likeness (QED) is 0.643. The van der Waals surface area contributed by atoms with E-state index in [-0.39, 0.29) is 19.6 Å². The van der Waals surface area contributed by atoms with E-state index in [1.54, 1.807) is 32.0 Å². The SMILES string of the molecule is CCOC(=O)C1(N)C(NCc2ccc(Cl)c(Cl)c2)CC2C1C2(F)C(=O)OCC. The molecule has 2 fully saturated rings. The summed E-state index contributed by atoms with van der Waals surface area (Å²) in [6.45, 7) is 3.75. The van der Waals surface area contributed by atoms with Gasteiger partial charge in [0.05, 0.1) is 23.3 Å². The fraction of sp³-hybridized carbons (Fsp3) is 0.579. The van der Waals surface area contributed by atoms with Crippen molar-refractivity contribution in [1.29, 1.82) is 0 Å². The third-order valence-electron chi connectivity index (χ3n) is 5.62. The number of esters is 2. The topological polar surface area (TPSA) is 90.6 Å². The van der Waals surface area contributed by atoms with Crippen LogP contribution in [0.3, 0.4) is 0 Å². The van der Waals surface area contributed by atoms with E-state index >= 15 is 4.39 Å². The molecule has 3 rings (SSSR count). The Labute approximate surface area is 172 Å². The van der Waals surface area contributed by atoms with Crippen molar-refractivity contribution >= 4 is 35.1 Å². The average molecular weight is 433 g/mol. The van der Waals surface area contributed by atoms with E-state index in [4.69, 9.17) is 38.4 Å². The van der Waals surface area contributed by atoms with Crippen molar-refractivity contribution in [3.8, 4) is 0 Å². The summed E-state index contributed by atoms with van der Waals surface area (Å²) in [6.07, 6.45) is 0.219. The molecule has 1 aromatic carbocycles. The second kappa shape index (κ2) is 7.78. The zero-order chi connectivity index (χ0) is 20.7. The molecular weight excluding hydrogens is 410 g/mol. The second-order valence-corrected chi connectivity index (χ2v) is 7.96. The van der Waals surface area contributed by atoms with Gasteiger partial charge < -0.3 is 20.5 Å². The molecule has 0 saturated heterocycles. The largest absolute Gasteiger partial charge is 0.465 e. The monoisotopic (exact) mass is 432 g/mol. The number of ether oxygens (including phenoxy) is 2. The van der Waals surface area contributed by atoms with Crippen LogP contribution in [0.2, 0.25) is 10.0 Å². The van der Waals surface area contributed by atoms with Gasteiger partial charge in [0.25, 0.3) is 0 Å². The van der Waals surface area contributed by atoms with Gasteiger partial charge in [0.2, 0.25) is 5.67 Å². The number of alkyl halides is 1. The second-order valence-electron chi connectivity index (χ2n) is 7.14. The van der Waals surface area contributed by atoms with E-state index < -0.39 is 41.0 Å². The van der Waals surface area contributed by atoms with Crippen molar-refractivity contribution in [2.75, 3.05) is 13.2 Å². The molecule has 0 aromatic heterocycles. The highest BCUT2D eigenvalue weighted by Gasteiger charge is 2.85. The minimum atomic E-state index is -2.25. The molecule has 5 atom stereocenters. The first-order valence-corrected chi connectivity index (χ1v) is 9.96. The molecule has 5 unspecified atom stereocenters. The number of carbonyl (C=O) groups is 2. The standard InChI is InChI=1S/C19H23Cl2FN2O4/c1-3-27-16(25)18(22)11-8-14(19(23,15(11)18)17(26)28-4-2)24-9-10-5-6-12(20)13(21)7-10/h5-7,11,14-15,24H,3-4,8-9,23H2,1-2H3. The smallest absolute Gasteiger partial charge is 0.344 e.